The first-order valence-electron chi connectivity index (χ1n) is 14.0. The number of carbonyl (C=O) groups excluding carboxylic acids is 1. The minimum atomic E-state index is -3.83. The van der Waals surface area contributed by atoms with Crippen LogP contribution in [0.3, 0.4) is 0 Å². The van der Waals surface area contributed by atoms with Gasteiger partial charge in [0.05, 0.1) is 55.7 Å². The van der Waals surface area contributed by atoms with Crippen molar-refractivity contribution in [1.29, 1.82) is 0 Å². The average molecular weight is 608 g/mol. The second-order valence-electron chi connectivity index (χ2n) is 10.7. The summed E-state index contributed by atoms with van der Waals surface area (Å²) in [4.78, 5) is 23.8. The lowest BCUT2D eigenvalue weighted by Gasteiger charge is -2.26. The SMILES string of the molecule is Cc1ccc(S(=O)(=O)OCCOCCOCCN(C(=O)OC(C)(C)C)c2ccc(-c3ccc4ccccc4n3)cn2)cc1. The van der Waals surface area contributed by atoms with Gasteiger partial charge >= 0.3 is 6.09 Å². The molecule has 228 valence electrons. The highest BCUT2D eigenvalue weighted by atomic mass is 32.2. The fourth-order valence-electron chi connectivity index (χ4n) is 3.99. The molecule has 0 atom stereocenters. The van der Waals surface area contributed by atoms with Gasteiger partial charge in [0.2, 0.25) is 0 Å². The van der Waals surface area contributed by atoms with E-state index in [1.807, 2.05) is 49.4 Å². The number of fused-ring (bicyclic) bond motifs is 1. The molecule has 0 N–H and O–H groups in total. The van der Waals surface area contributed by atoms with Crippen molar-refractivity contribution in [1.82, 2.24) is 9.97 Å². The fourth-order valence-corrected chi connectivity index (χ4v) is 4.89. The van der Waals surface area contributed by atoms with E-state index >= 15 is 0 Å². The number of hydrogen-bond acceptors (Lipinski definition) is 9. The predicted molar refractivity (Wildman–Crippen MR) is 165 cm³/mol. The van der Waals surface area contributed by atoms with Crippen LogP contribution >= 0.6 is 0 Å². The molecule has 0 bridgehead atoms. The van der Waals surface area contributed by atoms with Gasteiger partial charge in [-0.3, -0.25) is 9.08 Å². The molecule has 4 aromatic rings. The van der Waals surface area contributed by atoms with Crippen molar-refractivity contribution in [2.24, 2.45) is 0 Å². The number of hydrogen-bond donors (Lipinski definition) is 0. The van der Waals surface area contributed by atoms with Crippen LogP contribution in [0.25, 0.3) is 22.2 Å². The number of carbonyl (C=O) groups is 1. The van der Waals surface area contributed by atoms with Crippen molar-refractivity contribution >= 4 is 32.9 Å². The molecule has 0 unspecified atom stereocenters. The number of para-hydroxylation sites is 1. The summed E-state index contributed by atoms with van der Waals surface area (Å²) in [7, 11) is -3.83. The van der Waals surface area contributed by atoms with Gasteiger partial charge in [-0.25, -0.2) is 14.8 Å². The van der Waals surface area contributed by atoms with E-state index in [2.05, 4.69) is 4.98 Å². The molecule has 0 saturated carbocycles. The summed E-state index contributed by atoms with van der Waals surface area (Å²) in [5.74, 6) is 0.422. The lowest BCUT2D eigenvalue weighted by atomic mass is 10.1. The Morgan fingerprint density at radius 1 is 0.837 bits per heavy atom. The van der Waals surface area contributed by atoms with Crippen LogP contribution in [0.15, 0.2) is 83.9 Å². The summed E-state index contributed by atoms with van der Waals surface area (Å²) in [5.41, 5.74) is 2.76. The third-order valence-corrected chi connectivity index (χ3v) is 7.47. The fraction of sp³-hybridized carbons (Fsp3) is 0.344. The number of pyridine rings is 2. The third-order valence-electron chi connectivity index (χ3n) is 6.14. The van der Waals surface area contributed by atoms with Crippen LogP contribution in [0.5, 0.6) is 0 Å². The van der Waals surface area contributed by atoms with E-state index in [-0.39, 0.29) is 44.5 Å². The number of benzene rings is 2. The maximum atomic E-state index is 13.0. The van der Waals surface area contributed by atoms with Crippen molar-refractivity contribution in [2.75, 3.05) is 44.5 Å². The lowest BCUT2D eigenvalue weighted by molar-refractivity contribution is 0.0363. The lowest BCUT2D eigenvalue weighted by Crippen LogP contribution is -2.39. The highest BCUT2D eigenvalue weighted by Crippen LogP contribution is 2.23. The Hall–Kier alpha value is -3.90. The number of amides is 1. The van der Waals surface area contributed by atoms with E-state index in [0.29, 0.717) is 5.82 Å². The normalized spacial score (nSPS) is 11.9. The first-order chi connectivity index (χ1) is 20.5. The quantitative estimate of drug-likeness (QED) is 0.138. The Morgan fingerprint density at radius 2 is 1.53 bits per heavy atom. The van der Waals surface area contributed by atoms with E-state index in [9.17, 15) is 13.2 Å². The number of anilines is 1. The van der Waals surface area contributed by atoms with Gasteiger partial charge in [0.15, 0.2) is 0 Å². The molecule has 2 heterocycles. The Labute approximate surface area is 252 Å². The van der Waals surface area contributed by atoms with E-state index in [1.54, 1.807) is 45.2 Å². The molecule has 43 heavy (non-hydrogen) atoms. The average Bonchev–Trinajstić information content (AvgIpc) is 2.97. The second kappa shape index (κ2) is 14.5. The standard InChI is InChI=1S/C32H37N3O7S/c1-24-9-13-27(14-10-24)43(37,38)41-22-21-40-20-19-39-18-17-35(31(36)42-32(2,3)4)30-16-12-26(23-33-30)29-15-11-25-7-5-6-8-28(25)34-29/h5-16,23H,17-22H2,1-4H3. The molecule has 0 fully saturated rings. The minimum absolute atomic E-state index is 0.0841. The molecule has 0 saturated heterocycles. The van der Waals surface area contributed by atoms with Gasteiger partial charge in [-0.15, -0.1) is 0 Å². The van der Waals surface area contributed by atoms with Crippen LogP contribution in [-0.4, -0.2) is 69.7 Å². The van der Waals surface area contributed by atoms with Gasteiger partial charge in [-0.1, -0.05) is 42.0 Å². The van der Waals surface area contributed by atoms with Gasteiger partial charge in [-0.2, -0.15) is 8.42 Å². The summed E-state index contributed by atoms with van der Waals surface area (Å²) in [6.07, 6.45) is 1.14. The van der Waals surface area contributed by atoms with E-state index in [1.165, 1.54) is 17.0 Å². The van der Waals surface area contributed by atoms with E-state index in [0.717, 1.165) is 27.7 Å². The Kier molecular flexibility index (Phi) is 10.8. The minimum Gasteiger partial charge on any atom is -0.443 e. The summed E-state index contributed by atoms with van der Waals surface area (Å²) in [6.45, 7) is 8.13. The van der Waals surface area contributed by atoms with Crippen LogP contribution < -0.4 is 4.90 Å². The van der Waals surface area contributed by atoms with Crippen LogP contribution in [-0.2, 0) is 28.5 Å². The van der Waals surface area contributed by atoms with E-state index in [4.69, 9.17) is 23.4 Å². The number of rotatable bonds is 13. The summed E-state index contributed by atoms with van der Waals surface area (Å²) in [6, 6.07) is 21.9. The summed E-state index contributed by atoms with van der Waals surface area (Å²) in [5, 5.41) is 1.05. The largest absolute Gasteiger partial charge is 0.443 e. The van der Waals surface area contributed by atoms with Crippen molar-refractivity contribution in [3.8, 4) is 11.3 Å². The Morgan fingerprint density at radius 3 is 2.23 bits per heavy atom. The van der Waals surface area contributed by atoms with Gasteiger partial charge in [0, 0.05) is 17.1 Å². The van der Waals surface area contributed by atoms with Crippen LogP contribution in [0.1, 0.15) is 26.3 Å². The molecule has 0 aliphatic carbocycles. The third kappa shape index (κ3) is 9.55. The molecule has 2 aromatic heterocycles. The monoisotopic (exact) mass is 607 g/mol. The van der Waals surface area contributed by atoms with Gasteiger partial charge < -0.3 is 14.2 Å². The first-order valence-corrected chi connectivity index (χ1v) is 15.4. The molecule has 10 nitrogen and oxygen atoms in total. The molecule has 0 radical (unpaired) electrons. The maximum Gasteiger partial charge on any atom is 0.416 e. The first kappa shape index (κ1) is 32.0. The van der Waals surface area contributed by atoms with E-state index < -0.39 is 21.8 Å². The van der Waals surface area contributed by atoms with Gasteiger partial charge in [0.1, 0.15) is 11.4 Å². The molecule has 4 rings (SSSR count). The molecule has 2 aromatic carbocycles. The number of ether oxygens (including phenoxy) is 3. The number of nitrogens with zero attached hydrogens (tertiary/aromatic N) is 3. The zero-order valence-electron chi connectivity index (χ0n) is 24.9. The maximum absolute atomic E-state index is 13.0. The zero-order chi connectivity index (χ0) is 30.9. The summed E-state index contributed by atoms with van der Waals surface area (Å²) >= 11 is 0. The molecular weight excluding hydrogens is 570 g/mol. The van der Waals surface area contributed by atoms with Gasteiger partial charge in [0.25, 0.3) is 10.1 Å². The summed E-state index contributed by atoms with van der Waals surface area (Å²) < 4.78 is 46.2. The smallest absolute Gasteiger partial charge is 0.416 e. The number of aromatic nitrogens is 2. The zero-order valence-corrected chi connectivity index (χ0v) is 25.7. The molecular formula is C32H37N3O7S. The van der Waals surface area contributed by atoms with Crippen molar-refractivity contribution in [3.05, 3.63) is 84.6 Å². The van der Waals surface area contributed by atoms with Crippen LogP contribution in [0, 0.1) is 6.92 Å². The molecule has 1 amide bonds. The second-order valence-corrected chi connectivity index (χ2v) is 12.4. The van der Waals surface area contributed by atoms with Crippen LogP contribution in [0.4, 0.5) is 10.6 Å². The highest BCUT2D eigenvalue weighted by Gasteiger charge is 2.24. The molecule has 11 heteroatoms. The van der Waals surface area contributed by atoms with Crippen molar-refractivity contribution < 1.29 is 31.6 Å². The van der Waals surface area contributed by atoms with Crippen LogP contribution in [0.2, 0.25) is 0 Å². The Bertz CT molecular complexity index is 1600. The molecule has 0 spiro atoms. The Balaban J connectivity index is 1.26. The van der Waals surface area contributed by atoms with Crippen molar-refractivity contribution in [3.63, 3.8) is 0 Å². The predicted octanol–water partition coefficient (Wildman–Crippen LogP) is 5.79. The van der Waals surface area contributed by atoms with Gasteiger partial charge in [-0.05, 0) is 64.1 Å². The molecule has 0 aliphatic heterocycles. The molecule has 0 aliphatic rings. The van der Waals surface area contributed by atoms with Crippen molar-refractivity contribution in [2.45, 2.75) is 38.2 Å². The topological polar surface area (TPSA) is 117 Å². The highest BCUT2D eigenvalue weighted by molar-refractivity contribution is 7.86. The number of aryl methyl sites for hydroxylation is 1.